The molecule has 2 heterocycles. The molecule has 6 heteroatoms. The fourth-order valence-corrected chi connectivity index (χ4v) is 4.06. The molecular formula is C21H16N2O3S. The second kappa shape index (κ2) is 6.86. The molecule has 3 aromatic rings. The number of aromatic nitrogens is 1. The van der Waals surface area contributed by atoms with Gasteiger partial charge >= 0.3 is 0 Å². The summed E-state index contributed by atoms with van der Waals surface area (Å²) in [5.41, 5.74) is 0.259. The summed E-state index contributed by atoms with van der Waals surface area (Å²) in [6.07, 6.45) is 3.42. The Kier molecular flexibility index (Phi) is 4.38. The van der Waals surface area contributed by atoms with Crippen LogP contribution >= 0.6 is 11.3 Å². The number of thiazole rings is 1. The maximum Gasteiger partial charge on any atom is 0.269 e. The third kappa shape index (κ3) is 3.29. The van der Waals surface area contributed by atoms with Crippen molar-refractivity contribution in [1.29, 1.82) is 5.26 Å². The van der Waals surface area contributed by atoms with Crippen LogP contribution in [-0.4, -0.2) is 10.4 Å². The standard InChI is InChI=1S/C21H16N2O3S/c1-13-7-10-16(26-13)11-18-20(25)23(15-8-9-15)21(27-18)17(12-22)19(24)14-5-3-2-4-6-14/h2-7,10-11,15H,8-9H2,1H3/b18-11+,21-17-. The molecular weight excluding hydrogens is 360 g/mol. The topological polar surface area (TPSA) is 76.0 Å². The van der Waals surface area contributed by atoms with E-state index < -0.39 is 0 Å². The molecule has 0 atom stereocenters. The van der Waals surface area contributed by atoms with Gasteiger partial charge in [-0.3, -0.25) is 14.2 Å². The van der Waals surface area contributed by atoms with Gasteiger partial charge in [0.05, 0.1) is 4.53 Å². The van der Waals surface area contributed by atoms with Crippen LogP contribution in [0.3, 0.4) is 0 Å². The van der Waals surface area contributed by atoms with E-state index in [9.17, 15) is 14.9 Å². The lowest BCUT2D eigenvalue weighted by molar-refractivity contribution is 0.105. The van der Waals surface area contributed by atoms with Gasteiger partial charge in [-0.1, -0.05) is 30.3 Å². The highest BCUT2D eigenvalue weighted by Crippen LogP contribution is 2.32. The van der Waals surface area contributed by atoms with Gasteiger partial charge in [-0.25, -0.2) is 0 Å². The average molecular weight is 376 g/mol. The Bertz CT molecular complexity index is 1240. The lowest BCUT2D eigenvalue weighted by Gasteiger charge is -2.01. The summed E-state index contributed by atoms with van der Waals surface area (Å²) in [4.78, 5) is 25.8. The van der Waals surface area contributed by atoms with Gasteiger partial charge in [0, 0.05) is 17.7 Å². The molecule has 0 unspecified atom stereocenters. The first-order valence-corrected chi connectivity index (χ1v) is 9.44. The van der Waals surface area contributed by atoms with Crippen molar-refractivity contribution in [3.8, 4) is 6.07 Å². The van der Waals surface area contributed by atoms with Gasteiger partial charge in [0.2, 0.25) is 5.78 Å². The Morgan fingerprint density at radius 2 is 2.00 bits per heavy atom. The van der Waals surface area contributed by atoms with Crippen molar-refractivity contribution in [2.75, 3.05) is 0 Å². The highest BCUT2D eigenvalue weighted by Gasteiger charge is 2.28. The normalized spacial score (nSPS) is 15.5. The van der Waals surface area contributed by atoms with Crippen LogP contribution in [0.5, 0.6) is 0 Å². The summed E-state index contributed by atoms with van der Waals surface area (Å²) in [6, 6.07) is 14.4. The largest absolute Gasteiger partial charge is 0.462 e. The fourth-order valence-electron chi connectivity index (χ4n) is 2.92. The van der Waals surface area contributed by atoms with Crippen molar-refractivity contribution in [2.24, 2.45) is 0 Å². The number of aryl methyl sites for hydroxylation is 1. The van der Waals surface area contributed by atoms with Gasteiger partial charge in [-0.05, 0) is 31.9 Å². The molecule has 1 fully saturated rings. The third-order valence-corrected chi connectivity index (χ3v) is 5.50. The number of nitriles is 1. The smallest absolute Gasteiger partial charge is 0.269 e. The zero-order chi connectivity index (χ0) is 19.0. The predicted molar refractivity (Wildman–Crippen MR) is 103 cm³/mol. The first kappa shape index (κ1) is 17.3. The van der Waals surface area contributed by atoms with Crippen molar-refractivity contribution >= 4 is 28.8 Å². The van der Waals surface area contributed by atoms with Crippen molar-refractivity contribution in [3.05, 3.63) is 79.1 Å². The lowest BCUT2D eigenvalue weighted by Crippen LogP contribution is -2.32. The zero-order valence-electron chi connectivity index (χ0n) is 14.6. The highest BCUT2D eigenvalue weighted by atomic mass is 32.1. The van der Waals surface area contributed by atoms with Crippen LogP contribution in [0.1, 0.15) is 40.8 Å². The number of carbonyl (C=O) groups excluding carboxylic acids is 1. The summed E-state index contributed by atoms with van der Waals surface area (Å²) in [5, 5.41) is 9.69. The van der Waals surface area contributed by atoms with Crippen molar-refractivity contribution < 1.29 is 9.21 Å². The molecule has 1 aromatic carbocycles. The van der Waals surface area contributed by atoms with Crippen molar-refractivity contribution in [1.82, 2.24) is 4.57 Å². The number of hydrogen-bond acceptors (Lipinski definition) is 5. The summed E-state index contributed by atoms with van der Waals surface area (Å²) < 4.78 is 8.02. The number of rotatable bonds is 4. The Morgan fingerprint density at radius 1 is 1.26 bits per heavy atom. The summed E-state index contributed by atoms with van der Waals surface area (Å²) in [6.45, 7) is 1.83. The predicted octanol–water partition coefficient (Wildman–Crippen LogP) is 2.53. The molecule has 0 radical (unpaired) electrons. The molecule has 1 aliphatic carbocycles. The Hall–Kier alpha value is -3.17. The molecule has 134 valence electrons. The molecule has 2 aromatic heterocycles. The van der Waals surface area contributed by atoms with E-state index in [2.05, 4.69) is 0 Å². The number of benzene rings is 1. The molecule has 27 heavy (non-hydrogen) atoms. The van der Waals surface area contributed by atoms with Gasteiger partial charge in [-0.2, -0.15) is 5.26 Å². The Labute approximate surface area is 159 Å². The molecule has 1 saturated carbocycles. The maximum atomic E-state index is 12.9. The van der Waals surface area contributed by atoms with E-state index in [1.54, 1.807) is 41.0 Å². The minimum absolute atomic E-state index is 0.00507. The highest BCUT2D eigenvalue weighted by molar-refractivity contribution is 7.07. The monoisotopic (exact) mass is 376 g/mol. The van der Waals surface area contributed by atoms with E-state index in [1.165, 1.54) is 11.3 Å². The van der Waals surface area contributed by atoms with Crippen LogP contribution in [0.25, 0.3) is 11.6 Å². The van der Waals surface area contributed by atoms with Crippen LogP contribution in [0, 0.1) is 18.3 Å². The van der Waals surface area contributed by atoms with Crippen molar-refractivity contribution in [3.63, 3.8) is 0 Å². The number of nitrogens with zero attached hydrogens (tertiary/aromatic N) is 2. The zero-order valence-corrected chi connectivity index (χ0v) is 15.5. The molecule has 0 amide bonds. The summed E-state index contributed by atoms with van der Waals surface area (Å²) in [5.74, 6) is 0.964. The first-order valence-electron chi connectivity index (χ1n) is 8.62. The number of ketones is 1. The Balaban J connectivity index is 1.96. The maximum absolute atomic E-state index is 12.9. The molecule has 0 saturated heterocycles. The fraction of sp³-hybridized carbons (Fsp3) is 0.190. The van der Waals surface area contributed by atoms with Crippen LogP contribution < -0.4 is 14.8 Å². The summed E-state index contributed by atoms with van der Waals surface area (Å²) in [7, 11) is 0. The molecule has 0 bridgehead atoms. The third-order valence-electron chi connectivity index (χ3n) is 4.39. The molecule has 0 N–H and O–H groups in total. The molecule has 5 nitrogen and oxygen atoms in total. The number of carbonyl (C=O) groups is 1. The molecule has 1 aliphatic rings. The van der Waals surface area contributed by atoms with Gasteiger partial charge in [-0.15, -0.1) is 11.3 Å². The second-order valence-electron chi connectivity index (χ2n) is 6.45. The van der Waals surface area contributed by atoms with Gasteiger partial charge < -0.3 is 4.42 Å². The average Bonchev–Trinajstić information content (AvgIpc) is 3.35. The first-order chi connectivity index (χ1) is 13.1. The van der Waals surface area contributed by atoms with E-state index in [0.29, 0.717) is 20.5 Å². The SMILES string of the molecule is Cc1ccc(/C=c2/s/c(=C(/C#N)C(=O)c3ccccc3)n(C3CC3)c2=O)o1. The van der Waals surface area contributed by atoms with Crippen LogP contribution in [-0.2, 0) is 0 Å². The van der Waals surface area contributed by atoms with E-state index in [4.69, 9.17) is 4.42 Å². The summed E-state index contributed by atoms with van der Waals surface area (Å²) >= 11 is 1.17. The Morgan fingerprint density at radius 3 is 2.59 bits per heavy atom. The molecule has 0 aliphatic heterocycles. The second-order valence-corrected chi connectivity index (χ2v) is 7.48. The van der Waals surface area contributed by atoms with Gasteiger partial charge in [0.15, 0.2) is 0 Å². The minimum Gasteiger partial charge on any atom is -0.462 e. The van der Waals surface area contributed by atoms with Gasteiger partial charge in [0.1, 0.15) is 27.8 Å². The number of Topliss-reactive ketones (excluding diaryl/α,β-unsaturated/α-hetero) is 1. The number of furan rings is 1. The van der Waals surface area contributed by atoms with Crippen LogP contribution in [0.4, 0.5) is 0 Å². The lowest BCUT2D eigenvalue weighted by atomic mass is 10.1. The molecule has 0 spiro atoms. The molecule has 4 rings (SSSR count). The quantitative estimate of drug-likeness (QED) is 0.656. The van der Waals surface area contributed by atoms with Crippen LogP contribution in [0.2, 0.25) is 0 Å². The number of hydrogen-bond donors (Lipinski definition) is 0. The van der Waals surface area contributed by atoms with E-state index >= 15 is 0 Å². The van der Waals surface area contributed by atoms with E-state index in [1.807, 2.05) is 25.1 Å². The van der Waals surface area contributed by atoms with Crippen LogP contribution in [0.15, 0.2) is 51.7 Å². The van der Waals surface area contributed by atoms with E-state index in [0.717, 1.165) is 18.6 Å². The van der Waals surface area contributed by atoms with Crippen molar-refractivity contribution in [2.45, 2.75) is 25.8 Å². The van der Waals surface area contributed by atoms with Gasteiger partial charge in [0.25, 0.3) is 5.56 Å². The van der Waals surface area contributed by atoms with E-state index in [-0.39, 0.29) is 23.0 Å². The minimum atomic E-state index is -0.367.